The molecule has 2 fully saturated rings. The Labute approximate surface area is 192 Å². The number of carbonyl (C=O) groups excluding carboxylic acids is 1. The van der Waals surface area contributed by atoms with E-state index in [1.807, 2.05) is 6.07 Å². The summed E-state index contributed by atoms with van der Waals surface area (Å²) in [5.41, 5.74) is 2.61. The molecular formula is C27H36N4O. The summed E-state index contributed by atoms with van der Waals surface area (Å²) < 4.78 is 0. The molecule has 0 radical (unpaired) electrons. The first-order valence-corrected chi connectivity index (χ1v) is 12.0. The summed E-state index contributed by atoms with van der Waals surface area (Å²) in [6.07, 6.45) is 6.51. The predicted molar refractivity (Wildman–Crippen MR) is 131 cm³/mol. The Hall–Kier alpha value is -2.47. The number of rotatable bonds is 8. The molecule has 0 spiro atoms. The first-order chi connectivity index (χ1) is 15.7. The van der Waals surface area contributed by atoms with Crippen molar-refractivity contribution in [1.29, 1.82) is 0 Å². The topological polar surface area (TPSA) is 38.8 Å². The predicted octanol–water partition coefficient (Wildman–Crippen LogP) is 3.10. The molecule has 5 nitrogen and oxygen atoms in total. The summed E-state index contributed by atoms with van der Waals surface area (Å²) in [7, 11) is 0. The van der Waals surface area contributed by atoms with Gasteiger partial charge in [-0.25, -0.2) is 0 Å². The van der Waals surface area contributed by atoms with Gasteiger partial charge in [0.1, 0.15) is 0 Å². The third-order valence-corrected chi connectivity index (χ3v) is 6.51. The van der Waals surface area contributed by atoms with Crippen LogP contribution < -0.4 is 5.32 Å². The van der Waals surface area contributed by atoms with Crippen molar-refractivity contribution in [3.05, 3.63) is 77.9 Å². The molecule has 2 aliphatic heterocycles. The van der Waals surface area contributed by atoms with E-state index in [2.05, 4.69) is 86.8 Å². The van der Waals surface area contributed by atoms with Crippen LogP contribution in [-0.2, 0) is 11.3 Å². The smallest absolute Gasteiger partial charge is 0.234 e. The Balaban J connectivity index is 1.10. The molecule has 4 rings (SSSR count). The maximum atomic E-state index is 12.6. The fraction of sp³-hybridized carbons (Fsp3) is 0.444. The van der Waals surface area contributed by atoms with Crippen LogP contribution in [0.3, 0.4) is 0 Å². The van der Waals surface area contributed by atoms with Crippen LogP contribution in [0.5, 0.6) is 0 Å². The van der Waals surface area contributed by atoms with Gasteiger partial charge in [0.15, 0.2) is 0 Å². The van der Waals surface area contributed by atoms with Crippen LogP contribution in [0.15, 0.2) is 66.7 Å². The van der Waals surface area contributed by atoms with Crippen molar-refractivity contribution in [2.75, 3.05) is 52.4 Å². The molecule has 2 aromatic carbocycles. The van der Waals surface area contributed by atoms with E-state index in [4.69, 9.17) is 0 Å². The number of piperazine rings is 1. The average Bonchev–Trinajstić information content (AvgIpc) is 2.83. The summed E-state index contributed by atoms with van der Waals surface area (Å²) in [6, 6.07) is 21.4. The standard InChI is InChI=1S/C27H36N4O/c32-27(28-26-13-16-30(17-14-26)22-25-10-5-2-6-11-25)23-31-20-18-29(19-21-31)15-7-12-24-8-3-1-4-9-24/h1-12,26H,13-23H2,(H,28,32)/b12-7+. The highest BCUT2D eigenvalue weighted by Crippen LogP contribution is 2.14. The minimum Gasteiger partial charge on any atom is -0.352 e. The van der Waals surface area contributed by atoms with Crippen molar-refractivity contribution in [2.45, 2.75) is 25.4 Å². The average molecular weight is 433 g/mol. The van der Waals surface area contributed by atoms with E-state index < -0.39 is 0 Å². The van der Waals surface area contributed by atoms with Gasteiger partial charge in [0.2, 0.25) is 5.91 Å². The first kappa shape index (κ1) is 22.7. The number of amides is 1. The Morgan fingerprint density at radius 3 is 2.12 bits per heavy atom. The Kier molecular flexibility index (Phi) is 8.49. The number of hydrogen-bond acceptors (Lipinski definition) is 4. The van der Waals surface area contributed by atoms with E-state index in [0.29, 0.717) is 12.6 Å². The maximum absolute atomic E-state index is 12.6. The summed E-state index contributed by atoms with van der Waals surface area (Å²) in [5, 5.41) is 3.28. The van der Waals surface area contributed by atoms with Gasteiger partial charge in [-0.2, -0.15) is 0 Å². The van der Waals surface area contributed by atoms with E-state index in [-0.39, 0.29) is 5.91 Å². The van der Waals surface area contributed by atoms with Gasteiger partial charge in [-0.3, -0.25) is 19.5 Å². The molecule has 0 saturated carbocycles. The third kappa shape index (κ3) is 7.30. The van der Waals surface area contributed by atoms with Crippen molar-refractivity contribution in [2.24, 2.45) is 0 Å². The van der Waals surface area contributed by atoms with Gasteiger partial charge in [-0.1, -0.05) is 72.8 Å². The highest BCUT2D eigenvalue weighted by Gasteiger charge is 2.23. The summed E-state index contributed by atoms with van der Waals surface area (Å²) >= 11 is 0. The molecular weight excluding hydrogens is 396 g/mol. The minimum atomic E-state index is 0.184. The van der Waals surface area contributed by atoms with Gasteiger partial charge in [-0.15, -0.1) is 0 Å². The first-order valence-electron chi connectivity index (χ1n) is 12.0. The second-order valence-corrected chi connectivity index (χ2v) is 8.99. The van der Waals surface area contributed by atoms with Crippen LogP contribution in [0.25, 0.3) is 6.08 Å². The zero-order valence-corrected chi connectivity index (χ0v) is 19.0. The molecule has 1 amide bonds. The van der Waals surface area contributed by atoms with Crippen molar-refractivity contribution in [1.82, 2.24) is 20.0 Å². The molecule has 0 bridgehead atoms. The van der Waals surface area contributed by atoms with Gasteiger partial charge in [0.25, 0.3) is 0 Å². The molecule has 32 heavy (non-hydrogen) atoms. The van der Waals surface area contributed by atoms with Crippen LogP contribution in [0, 0.1) is 0 Å². The lowest BCUT2D eigenvalue weighted by Crippen LogP contribution is -2.51. The number of nitrogens with one attached hydrogen (secondary N) is 1. The van der Waals surface area contributed by atoms with Crippen LogP contribution in [0.1, 0.15) is 24.0 Å². The number of likely N-dealkylation sites (tertiary alicyclic amines) is 1. The van der Waals surface area contributed by atoms with E-state index >= 15 is 0 Å². The summed E-state index contributed by atoms with van der Waals surface area (Å²) in [5.74, 6) is 0.184. The van der Waals surface area contributed by atoms with Crippen LogP contribution in [0.4, 0.5) is 0 Å². The van der Waals surface area contributed by atoms with Crippen molar-refractivity contribution < 1.29 is 4.79 Å². The number of nitrogens with zero attached hydrogens (tertiary/aromatic N) is 3. The molecule has 2 aromatic rings. The number of benzene rings is 2. The highest BCUT2D eigenvalue weighted by molar-refractivity contribution is 5.78. The lowest BCUT2D eigenvalue weighted by Gasteiger charge is -2.35. The Bertz CT molecular complexity index is 838. The minimum absolute atomic E-state index is 0.184. The molecule has 2 saturated heterocycles. The maximum Gasteiger partial charge on any atom is 0.234 e. The van der Waals surface area contributed by atoms with E-state index in [0.717, 1.165) is 65.2 Å². The van der Waals surface area contributed by atoms with Crippen molar-refractivity contribution in [3.63, 3.8) is 0 Å². The zero-order chi connectivity index (χ0) is 22.0. The molecule has 170 valence electrons. The van der Waals surface area contributed by atoms with E-state index in [1.165, 1.54) is 11.1 Å². The summed E-state index contributed by atoms with van der Waals surface area (Å²) in [6.45, 7) is 8.56. The molecule has 1 N–H and O–H groups in total. The van der Waals surface area contributed by atoms with Crippen molar-refractivity contribution in [3.8, 4) is 0 Å². The lowest BCUT2D eigenvalue weighted by atomic mass is 10.0. The van der Waals surface area contributed by atoms with Gasteiger partial charge < -0.3 is 5.32 Å². The number of hydrogen-bond donors (Lipinski definition) is 1. The highest BCUT2D eigenvalue weighted by atomic mass is 16.2. The molecule has 2 aliphatic rings. The lowest BCUT2D eigenvalue weighted by molar-refractivity contribution is -0.123. The molecule has 2 heterocycles. The van der Waals surface area contributed by atoms with Gasteiger partial charge >= 0.3 is 0 Å². The largest absolute Gasteiger partial charge is 0.352 e. The van der Waals surface area contributed by atoms with Crippen LogP contribution >= 0.6 is 0 Å². The number of piperidine rings is 1. The molecule has 0 aliphatic carbocycles. The summed E-state index contributed by atoms with van der Waals surface area (Å²) in [4.78, 5) is 19.8. The van der Waals surface area contributed by atoms with Gasteiger partial charge in [-0.05, 0) is 24.0 Å². The quantitative estimate of drug-likeness (QED) is 0.696. The Morgan fingerprint density at radius 1 is 0.812 bits per heavy atom. The molecule has 0 unspecified atom stereocenters. The fourth-order valence-corrected chi connectivity index (χ4v) is 4.59. The molecule has 5 heteroatoms. The second kappa shape index (κ2) is 12.0. The van der Waals surface area contributed by atoms with Crippen LogP contribution in [-0.4, -0.2) is 79.0 Å². The Morgan fingerprint density at radius 2 is 1.44 bits per heavy atom. The normalized spacial score (nSPS) is 19.4. The zero-order valence-electron chi connectivity index (χ0n) is 19.0. The van der Waals surface area contributed by atoms with Gasteiger partial charge in [0, 0.05) is 58.4 Å². The van der Waals surface area contributed by atoms with E-state index in [9.17, 15) is 4.79 Å². The number of carbonyl (C=O) groups is 1. The van der Waals surface area contributed by atoms with Crippen molar-refractivity contribution >= 4 is 12.0 Å². The van der Waals surface area contributed by atoms with Crippen LogP contribution in [0.2, 0.25) is 0 Å². The SMILES string of the molecule is O=C(CN1CCN(C/C=C/c2ccccc2)CC1)NC1CCN(Cc2ccccc2)CC1. The molecule has 0 aromatic heterocycles. The van der Waals surface area contributed by atoms with E-state index in [1.54, 1.807) is 0 Å². The second-order valence-electron chi connectivity index (χ2n) is 8.99. The van der Waals surface area contributed by atoms with Gasteiger partial charge in [0.05, 0.1) is 6.54 Å². The fourth-order valence-electron chi connectivity index (χ4n) is 4.59. The third-order valence-electron chi connectivity index (χ3n) is 6.51. The molecule has 0 atom stereocenters. The monoisotopic (exact) mass is 432 g/mol.